The molecule has 2 aliphatic heterocycles. The number of piperazine rings is 1. The Morgan fingerprint density at radius 3 is 2.48 bits per heavy atom. The van der Waals surface area contributed by atoms with Crippen LogP contribution in [0.3, 0.4) is 0 Å². The van der Waals surface area contributed by atoms with Gasteiger partial charge in [0.25, 0.3) is 5.91 Å². The second kappa shape index (κ2) is 13.4. The Hall–Kier alpha value is -3.23. The number of hydrogen-bond donors (Lipinski definition) is 2. The van der Waals surface area contributed by atoms with Crippen molar-refractivity contribution in [3.05, 3.63) is 92.5 Å². The first-order valence-corrected chi connectivity index (χ1v) is 16.0. The Morgan fingerprint density at radius 2 is 1.73 bits per heavy atom. The first-order chi connectivity index (χ1) is 21.3. The first-order valence-electron chi connectivity index (χ1n) is 15.3. The zero-order valence-electron chi connectivity index (χ0n) is 25.4. The highest BCUT2D eigenvalue weighted by atomic mass is 35.5. The van der Waals surface area contributed by atoms with E-state index in [1.807, 2.05) is 49.4 Å². The molecule has 232 valence electrons. The third-order valence-corrected chi connectivity index (χ3v) is 9.22. The molecule has 1 amide bonds. The zero-order valence-corrected chi connectivity index (χ0v) is 26.9. The number of nitrogens with zero attached hydrogens (tertiary/aromatic N) is 1. The molecule has 2 atom stereocenters. The lowest BCUT2D eigenvalue weighted by Crippen LogP contribution is -2.60. The summed E-state index contributed by atoms with van der Waals surface area (Å²) in [7, 11) is 1.69. The molecule has 3 aromatic rings. The van der Waals surface area contributed by atoms with E-state index in [2.05, 4.69) is 34.6 Å². The summed E-state index contributed by atoms with van der Waals surface area (Å²) < 4.78 is 17.5. The van der Waals surface area contributed by atoms with Gasteiger partial charge in [0.05, 0.1) is 23.2 Å². The van der Waals surface area contributed by atoms with E-state index in [1.165, 1.54) is 0 Å². The number of methoxy groups -OCH3 is 1. The van der Waals surface area contributed by atoms with Gasteiger partial charge in [-0.1, -0.05) is 47.5 Å². The lowest BCUT2D eigenvalue weighted by molar-refractivity contribution is -0.128. The number of nitrogens with one attached hydrogen (secondary N) is 2. The highest BCUT2D eigenvalue weighted by Gasteiger charge is 2.41. The van der Waals surface area contributed by atoms with Crippen molar-refractivity contribution < 1.29 is 19.0 Å². The van der Waals surface area contributed by atoms with Crippen LogP contribution in [-0.2, 0) is 11.3 Å². The van der Waals surface area contributed by atoms with Gasteiger partial charge in [-0.25, -0.2) is 0 Å². The van der Waals surface area contributed by atoms with E-state index >= 15 is 0 Å². The minimum atomic E-state index is -0.0559. The van der Waals surface area contributed by atoms with Gasteiger partial charge < -0.3 is 29.7 Å². The Kier molecular flexibility index (Phi) is 9.38. The van der Waals surface area contributed by atoms with Gasteiger partial charge in [-0.3, -0.25) is 4.79 Å². The molecule has 1 saturated heterocycles. The topological polar surface area (TPSA) is 72.1 Å². The van der Waals surface area contributed by atoms with Gasteiger partial charge in [0.1, 0.15) is 24.7 Å². The monoisotopic (exact) mass is 635 g/mol. The van der Waals surface area contributed by atoms with Crippen LogP contribution < -0.4 is 24.8 Å². The average molecular weight is 637 g/mol. The first kappa shape index (κ1) is 30.8. The van der Waals surface area contributed by atoms with Gasteiger partial charge in [-0.05, 0) is 91.3 Å². The maximum absolute atomic E-state index is 14.5. The fourth-order valence-electron chi connectivity index (χ4n) is 6.28. The number of fused-ring (bicyclic) bond motifs is 2. The van der Waals surface area contributed by atoms with Crippen LogP contribution in [0.1, 0.15) is 41.5 Å². The number of halogens is 2. The van der Waals surface area contributed by atoms with E-state index in [0.717, 1.165) is 77.3 Å². The molecule has 0 aromatic heterocycles. The average Bonchev–Trinajstić information content (AvgIpc) is 3.85. The lowest BCUT2D eigenvalue weighted by atomic mass is 9.83. The molecule has 1 saturated carbocycles. The molecule has 2 unspecified atom stereocenters. The molecule has 7 nitrogen and oxygen atoms in total. The van der Waals surface area contributed by atoms with Crippen LogP contribution in [0, 0.1) is 13.8 Å². The maximum atomic E-state index is 14.5. The zero-order chi connectivity index (χ0) is 30.8. The van der Waals surface area contributed by atoms with E-state index in [1.54, 1.807) is 7.11 Å². The largest absolute Gasteiger partial charge is 0.496 e. The molecule has 0 radical (unpaired) electrons. The van der Waals surface area contributed by atoms with Crippen molar-refractivity contribution in [1.82, 2.24) is 15.5 Å². The molecule has 2 bridgehead atoms. The van der Waals surface area contributed by atoms with Crippen molar-refractivity contribution in [2.75, 3.05) is 33.4 Å². The van der Waals surface area contributed by atoms with Gasteiger partial charge in [0.2, 0.25) is 0 Å². The van der Waals surface area contributed by atoms with Gasteiger partial charge in [0, 0.05) is 37.3 Å². The molecule has 0 spiro atoms. The van der Waals surface area contributed by atoms with E-state index in [-0.39, 0.29) is 24.0 Å². The number of carbonyl (C=O) groups is 1. The molecule has 2 N–H and O–H groups in total. The second-order valence-corrected chi connectivity index (χ2v) is 12.7. The maximum Gasteiger partial charge on any atom is 0.252 e. The number of benzene rings is 3. The fraction of sp³-hybridized carbons (Fsp3) is 0.400. The summed E-state index contributed by atoms with van der Waals surface area (Å²) in [5, 5.41) is 8.21. The highest BCUT2D eigenvalue weighted by molar-refractivity contribution is 6.37. The Balaban J connectivity index is 1.24. The number of ether oxygens (including phenoxy) is 3. The third-order valence-electron chi connectivity index (χ3n) is 8.66. The van der Waals surface area contributed by atoms with Crippen LogP contribution in [0.25, 0.3) is 5.57 Å². The summed E-state index contributed by atoms with van der Waals surface area (Å²) in [4.78, 5) is 16.6. The summed E-state index contributed by atoms with van der Waals surface area (Å²) in [6, 6.07) is 18.2. The Labute approximate surface area is 269 Å². The lowest BCUT2D eigenvalue weighted by Gasteiger charge is -2.41. The number of amides is 1. The Morgan fingerprint density at radius 1 is 0.977 bits per heavy atom. The van der Waals surface area contributed by atoms with E-state index in [4.69, 9.17) is 37.4 Å². The van der Waals surface area contributed by atoms with Gasteiger partial charge in [0.15, 0.2) is 5.75 Å². The van der Waals surface area contributed by atoms with E-state index in [0.29, 0.717) is 35.6 Å². The van der Waals surface area contributed by atoms with Crippen LogP contribution in [0.15, 0.2) is 60.2 Å². The van der Waals surface area contributed by atoms with Crippen LogP contribution in [0.2, 0.25) is 10.0 Å². The molecule has 3 aromatic carbocycles. The highest BCUT2D eigenvalue weighted by Crippen LogP contribution is 2.38. The van der Waals surface area contributed by atoms with Crippen molar-refractivity contribution in [2.45, 2.75) is 57.8 Å². The van der Waals surface area contributed by atoms with Gasteiger partial charge in [-0.15, -0.1) is 0 Å². The minimum absolute atomic E-state index is 0.0559. The fourth-order valence-corrected chi connectivity index (χ4v) is 6.99. The molecule has 1 aliphatic carbocycles. The van der Waals surface area contributed by atoms with Crippen LogP contribution in [0.5, 0.6) is 17.2 Å². The SMILES string of the molecule is COc1cccc(CN(C(=O)C2=C(c3cccc(OCCOc4c(Cl)cc(C)cc4Cl)c3)CC3CNCC2N3)C2CC2)c1C. The molecular weight excluding hydrogens is 597 g/mol. The van der Waals surface area contributed by atoms with Crippen molar-refractivity contribution in [3.63, 3.8) is 0 Å². The summed E-state index contributed by atoms with van der Waals surface area (Å²) in [6.07, 6.45) is 2.82. The number of aryl methyl sites for hydroxylation is 1. The quantitative estimate of drug-likeness (QED) is 0.239. The summed E-state index contributed by atoms with van der Waals surface area (Å²) >= 11 is 12.7. The predicted octanol–water partition coefficient (Wildman–Crippen LogP) is 6.36. The molecule has 6 rings (SSSR count). The van der Waals surface area contributed by atoms with Crippen LogP contribution >= 0.6 is 23.2 Å². The molecule has 44 heavy (non-hydrogen) atoms. The van der Waals surface area contributed by atoms with Crippen LogP contribution in [-0.4, -0.2) is 62.3 Å². The number of carbonyl (C=O) groups excluding carboxylic acids is 1. The van der Waals surface area contributed by atoms with Gasteiger partial charge in [-0.2, -0.15) is 0 Å². The van der Waals surface area contributed by atoms with Crippen molar-refractivity contribution in [3.8, 4) is 17.2 Å². The third kappa shape index (κ3) is 6.71. The summed E-state index contributed by atoms with van der Waals surface area (Å²) in [6.45, 7) is 6.75. The van der Waals surface area contributed by atoms with Crippen molar-refractivity contribution in [1.29, 1.82) is 0 Å². The van der Waals surface area contributed by atoms with Gasteiger partial charge >= 0.3 is 0 Å². The summed E-state index contributed by atoms with van der Waals surface area (Å²) in [5.74, 6) is 2.13. The number of rotatable bonds is 11. The normalized spacial score (nSPS) is 19.5. The smallest absolute Gasteiger partial charge is 0.252 e. The molecular formula is C35H39Cl2N3O4. The molecule has 2 fully saturated rings. The standard InChI is InChI=1S/C35H39Cl2N3O4/c1-21-14-29(36)34(30(37)15-21)44-13-12-43-27-8-4-6-23(16-27)28-17-25-18-38-19-31(39-25)33(28)35(41)40(26-10-11-26)20-24-7-5-9-32(42-3)22(24)2/h4-9,14-16,25-26,31,38-39H,10-13,17-20H2,1-3H3. The van der Waals surface area contributed by atoms with Crippen molar-refractivity contribution >= 4 is 34.7 Å². The number of hydrogen-bond acceptors (Lipinski definition) is 6. The predicted molar refractivity (Wildman–Crippen MR) is 175 cm³/mol. The van der Waals surface area contributed by atoms with E-state index < -0.39 is 0 Å². The second-order valence-electron chi connectivity index (χ2n) is 11.9. The van der Waals surface area contributed by atoms with E-state index in [9.17, 15) is 4.79 Å². The molecule has 2 heterocycles. The molecule has 9 heteroatoms. The summed E-state index contributed by atoms with van der Waals surface area (Å²) in [5.41, 5.74) is 6.12. The minimum Gasteiger partial charge on any atom is -0.496 e. The Bertz CT molecular complexity index is 1550. The van der Waals surface area contributed by atoms with Crippen LogP contribution in [0.4, 0.5) is 0 Å². The van der Waals surface area contributed by atoms with Crippen molar-refractivity contribution in [2.24, 2.45) is 0 Å². The molecule has 3 aliphatic rings.